The van der Waals surface area contributed by atoms with E-state index in [-0.39, 0.29) is 12.5 Å². The summed E-state index contributed by atoms with van der Waals surface area (Å²) in [5.74, 6) is 0.828. The number of hydrogen-bond acceptors (Lipinski definition) is 5. The number of hydrogen-bond donors (Lipinski definition) is 3. The van der Waals surface area contributed by atoms with Gasteiger partial charge in [0.05, 0.1) is 13.2 Å². The number of benzene rings is 2. The highest BCUT2D eigenvalue weighted by Gasteiger charge is 2.09. The molecule has 26 heavy (non-hydrogen) atoms. The minimum absolute atomic E-state index is 0.107. The molecule has 1 amide bonds. The van der Waals surface area contributed by atoms with Crippen molar-refractivity contribution >= 4 is 11.6 Å². The lowest BCUT2D eigenvalue weighted by Gasteiger charge is -2.13. The van der Waals surface area contributed by atoms with Gasteiger partial charge in [-0.2, -0.15) is 0 Å². The van der Waals surface area contributed by atoms with Crippen molar-refractivity contribution < 1.29 is 19.4 Å². The molecule has 0 unspecified atom stereocenters. The van der Waals surface area contributed by atoms with Gasteiger partial charge in [0.25, 0.3) is 5.91 Å². The molecule has 2 aromatic carbocycles. The first-order valence-electron chi connectivity index (χ1n) is 8.53. The molecule has 1 atom stereocenters. The van der Waals surface area contributed by atoms with E-state index in [2.05, 4.69) is 10.6 Å². The number of carbonyl (C=O) groups excluding carboxylic acids is 1. The van der Waals surface area contributed by atoms with E-state index in [9.17, 15) is 9.90 Å². The molecule has 0 aliphatic carbocycles. The van der Waals surface area contributed by atoms with Crippen molar-refractivity contribution in [2.75, 3.05) is 25.6 Å². The Morgan fingerprint density at radius 1 is 1.15 bits per heavy atom. The topological polar surface area (TPSA) is 79.8 Å². The Hall–Kier alpha value is -2.57. The molecular formula is C20H26N2O4. The van der Waals surface area contributed by atoms with E-state index in [0.717, 1.165) is 16.8 Å². The summed E-state index contributed by atoms with van der Waals surface area (Å²) < 4.78 is 10.9. The second-order valence-electron chi connectivity index (χ2n) is 6.17. The number of ether oxygens (including phenoxy) is 2. The minimum Gasteiger partial charge on any atom is -0.493 e. The first kappa shape index (κ1) is 19.8. The van der Waals surface area contributed by atoms with E-state index in [0.29, 0.717) is 24.6 Å². The highest BCUT2D eigenvalue weighted by Crippen LogP contribution is 2.28. The number of nitrogens with one attached hydrogen (secondary N) is 2. The molecule has 0 fully saturated rings. The van der Waals surface area contributed by atoms with Crippen LogP contribution in [-0.4, -0.2) is 37.4 Å². The maximum absolute atomic E-state index is 12.0. The molecule has 0 saturated carbocycles. The molecule has 6 heteroatoms. The van der Waals surface area contributed by atoms with E-state index < -0.39 is 6.10 Å². The zero-order valence-corrected chi connectivity index (χ0v) is 15.4. The van der Waals surface area contributed by atoms with Crippen LogP contribution in [0.15, 0.2) is 42.5 Å². The van der Waals surface area contributed by atoms with Gasteiger partial charge in [-0.1, -0.05) is 23.8 Å². The first-order valence-corrected chi connectivity index (χ1v) is 8.53. The number of rotatable bonds is 9. The van der Waals surface area contributed by atoms with Gasteiger partial charge in [-0.25, -0.2) is 0 Å². The normalized spacial score (nSPS) is 11.7. The van der Waals surface area contributed by atoms with Crippen LogP contribution in [0.5, 0.6) is 11.5 Å². The van der Waals surface area contributed by atoms with E-state index in [1.54, 1.807) is 20.1 Å². The number of carbonyl (C=O) groups is 1. The first-order chi connectivity index (χ1) is 12.5. The van der Waals surface area contributed by atoms with Gasteiger partial charge in [-0.15, -0.1) is 0 Å². The van der Waals surface area contributed by atoms with Gasteiger partial charge in [0.2, 0.25) is 0 Å². The molecule has 0 radical (unpaired) electrons. The summed E-state index contributed by atoms with van der Waals surface area (Å²) in [6.45, 7) is 4.73. The smallest absolute Gasteiger partial charge is 0.262 e. The molecule has 0 spiro atoms. The Kier molecular flexibility index (Phi) is 7.44. The molecule has 3 N–H and O–H groups in total. The summed E-state index contributed by atoms with van der Waals surface area (Å²) in [4.78, 5) is 12.0. The van der Waals surface area contributed by atoms with Crippen LogP contribution in [0.25, 0.3) is 0 Å². The van der Waals surface area contributed by atoms with E-state index >= 15 is 0 Å². The Balaban J connectivity index is 1.89. The monoisotopic (exact) mass is 358 g/mol. The predicted molar refractivity (Wildman–Crippen MR) is 102 cm³/mol. The van der Waals surface area contributed by atoms with Crippen molar-refractivity contribution in [1.29, 1.82) is 0 Å². The SMILES string of the molecule is COc1cc(CNC[C@@H](C)O)ccc1OCC(=O)Nc1ccc(C)cc1. The molecule has 0 aliphatic heterocycles. The number of aryl methyl sites for hydroxylation is 1. The molecule has 140 valence electrons. The van der Waals surface area contributed by atoms with Gasteiger partial charge in [0.1, 0.15) is 0 Å². The highest BCUT2D eigenvalue weighted by molar-refractivity contribution is 5.91. The molecular weight excluding hydrogens is 332 g/mol. The summed E-state index contributed by atoms with van der Waals surface area (Å²) in [7, 11) is 1.56. The third kappa shape index (κ3) is 6.38. The zero-order valence-electron chi connectivity index (χ0n) is 15.4. The van der Waals surface area contributed by atoms with Crippen molar-refractivity contribution in [1.82, 2.24) is 5.32 Å². The Bertz CT molecular complexity index is 714. The standard InChI is InChI=1S/C20H26N2O4/c1-14-4-7-17(8-5-14)22-20(24)13-26-18-9-6-16(10-19(18)25-3)12-21-11-15(2)23/h4-10,15,21,23H,11-13H2,1-3H3,(H,22,24)/t15-/m1/s1. The number of anilines is 1. The van der Waals surface area contributed by atoms with Gasteiger partial charge in [0.15, 0.2) is 18.1 Å². The van der Waals surface area contributed by atoms with Gasteiger partial charge >= 0.3 is 0 Å². The molecule has 0 aromatic heterocycles. The number of methoxy groups -OCH3 is 1. The maximum Gasteiger partial charge on any atom is 0.262 e. The fourth-order valence-electron chi connectivity index (χ4n) is 2.34. The second-order valence-corrected chi connectivity index (χ2v) is 6.17. The van der Waals surface area contributed by atoms with Crippen molar-refractivity contribution in [3.05, 3.63) is 53.6 Å². The number of aliphatic hydroxyl groups excluding tert-OH is 1. The van der Waals surface area contributed by atoms with Crippen LogP contribution in [0.1, 0.15) is 18.1 Å². The Morgan fingerprint density at radius 3 is 2.54 bits per heavy atom. The molecule has 0 heterocycles. The van der Waals surface area contributed by atoms with E-state index in [1.807, 2.05) is 43.3 Å². The average Bonchev–Trinajstić information content (AvgIpc) is 2.62. The van der Waals surface area contributed by atoms with Gasteiger partial charge in [-0.05, 0) is 43.7 Å². The number of amides is 1. The third-order valence-electron chi connectivity index (χ3n) is 3.69. The zero-order chi connectivity index (χ0) is 18.9. The molecule has 0 saturated heterocycles. The summed E-state index contributed by atoms with van der Waals surface area (Å²) >= 11 is 0. The molecule has 2 aromatic rings. The summed E-state index contributed by atoms with van der Waals surface area (Å²) in [5.41, 5.74) is 2.86. The van der Waals surface area contributed by atoms with Crippen LogP contribution in [0.4, 0.5) is 5.69 Å². The van der Waals surface area contributed by atoms with E-state index in [1.165, 1.54) is 0 Å². The summed E-state index contributed by atoms with van der Waals surface area (Å²) in [6.07, 6.45) is -0.397. The van der Waals surface area contributed by atoms with Gasteiger partial charge in [0, 0.05) is 18.8 Å². The van der Waals surface area contributed by atoms with Crippen molar-refractivity contribution in [2.45, 2.75) is 26.5 Å². The fraction of sp³-hybridized carbons (Fsp3) is 0.350. The highest BCUT2D eigenvalue weighted by atomic mass is 16.5. The van der Waals surface area contributed by atoms with Gasteiger partial charge in [-0.3, -0.25) is 4.79 Å². The van der Waals surface area contributed by atoms with Crippen LogP contribution in [0, 0.1) is 6.92 Å². The van der Waals surface area contributed by atoms with Crippen molar-refractivity contribution in [3.8, 4) is 11.5 Å². The van der Waals surface area contributed by atoms with Crippen LogP contribution < -0.4 is 20.1 Å². The minimum atomic E-state index is -0.397. The lowest BCUT2D eigenvalue weighted by Crippen LogP contribution is -2.23. The molecule has 2 rings (SSSR count). The Morgan fingerprint density at radius 2 is 1.88 bits per heavy atom. The quantitative estimate of drug-likeness (QED) is 0.642. The van der Waals surface area contributed by atoms with Crippen molar-refractivity contribution in [3.63, 3.8) is 0 Å². The lowest BCUT2D eigenvalue weighted by atomic mass is 10.2. The van der Waals surface area contributed by atoms with E-state index in [4.69, 9.17) is 9.47 Å². The molecule has 0 bridgehead atoms. The molecule has 6 nitrogen and oxygen atoms in total. The van der Waals surface area contributed by atoms with Crippen LogP contribution >= 0.6 is 0 Å². The maximum atomic E-state index is 12.0. The average molecular weight is 358 g/mol. The second kappa shape index (κ2) is 9.79. The van der Waals surface area contributed by atoms with Crippen LogP contribution in [-0.2, 0) is 11.3 Å². The molecule has 0 aliphatic rings. The largest absolute Gasteiger partial charge is 0.493 e. The van der Waals surface area contributed by atoms with Gasteiger partial charge < -0.3 is 25.2 Å². The number of aliphatic hydroxyl groups is 1. The third-order valence-corrected chi connectivity index (χ3v) is 3.69. The van der Waals surface area contributed by atoms with Crippen LogP contribution in [0.2, 0.25) is 0 Å². The van der Waals surface area contributed by atoms with Crippen molar-refractivity contribution in [2.24, 2.45) is 0 Å². The lowest BCUT2D eigenvalue weighted by molar-refractivity contribution is -0.118. The fourth-order valence-corrected chi connectivity index (χ4v) is 2.34. The Labute approximate surface area is 154 Å². The predicted octanol–water partition coefficient (Wildman–Crippen LogP) is 2.49. The van der Waals surface area contributed by atoms with Crippen LogP contribution in [0.3, 0.4) is 0 Å². The summed E-state index contributed by atoms with van der Waals surface area (Å²) in [5, 5.41) is 15.2. The summed E-state index contributed by atoms with van der Waals surface area (Å²) in [6, 6.07) is 13.1.